The molecule has 0 radical (unpaired) electrons. The van der Waals surface area contributed by atoms with E-state index in [1.807, 2.05) is 0 Å². The molecule has 3 rings (SSSR count). The van der Waals surface area contributed by atoms with Crippen LogP contribution in [0.4, 0.5) is 29.3 Å². The van der Waals surface area contributed by atoms with Crippen LogP contribution in [0, 0.1) is 0 Å². The van der Waals surface area contributed by atoms with Gasteiger partial charge in [0.2, 0.25) is 5.96 Å². The first-order chi connectivity index (χ1) is 10.9. The summed E-state index contributed by atoms with van der Waals surface area (Å²) < 4.78 is 63.5. The minimum Gasteiger partial charge on any atom is -0.302 e. The number of benzene rings is 1. The van der Waals surface area contributed by atoms with E-state index in [1.165, 1.54) is 50.1 Å². The van der Waals surface area contributed by atoms with Crippen molar-refractivity contribution in [3.05, 3.63) is 24.3 Å². The average molecular weight is 362 g/mol. The van der Waals surface area contributed by atoms with Crippen molar-refractivity contribution >= 4 is 33.4 Å². The number of aliphatic imine (C=N–C) groups is 1. The van der Waals surface area contributed by atoms with Gasteiger partial charge in [-0.15, -0.1) is 0 Å². The Morgan fingerprint density at radius 3 is 2.21 bits per heavy atom. The average Bonchev–Trinajstić information content (AvgIpc) is 2.77. The number of guanidine groups is 1. The Balaban J connectivity index is 2.33. The van der Waals surface area contributed by atoms with E-state index in [9.17, 15) is 26.4 Å². The molecule has 1 aromatic rings. The number of urea groups is 1. The Labute approximate surface area is 136 Å². The molecule has 0 saturated heterocycles. The number of hydrogen-bond donors (Lipinski definition) is 0. The van der Waals surface area contributed by atoms with E-state index >= 15 is 0 Å². The third-order valence-corrected chi connectivity index (χ3v) is 5.35. The van der Waals surface area contributed by atoms with Gasteiger partial charge in [-0.25, -0.2) is 14.7 Å². The normalized spacial score (nSPS) is 20.0. The number of hydrogen-bond acceptors (Lipinski definition) is 4. The SMILES string of the molecule is CN1C(=O)N2C(=NC1(C)C)N(S(=O)(=O)C(F)(F)F)c1ccccc12. The lowest BCUT2D eigenvalue weighted by molar-refractivity contribution is -0.0434. The standard InChI is InChI=1S/C13H13F3N4O3S/c1-12(2)17-10-19(11(21)18(12)3)8-6-4-5-7-9(8)20(10)24(22,23)13(14,15)16/h4-7H,1-3H3. The van der Waals surface area contributed by atoms with Gasteiger partial charge >= 0.3 is 21.6 Å². The van der Waals surface area contributed by atoms with E-state index in [0.717, 1.165) is 4.90 Å². The molecule has 0 unspecified atom stereocenters. The zero-order chi connectivity index (χ0) is 18.1. The van der Waals surface area contributed by atoms with Crippen molar-refractivity contribution in [2.24, 2.45) is 4.99 Å². The van der Waals surface area contributed by atoms with Crippen LogP contribution in [0.2, 0.25) is 0 Å². The quantitative estimate of drug-likeness (QED) is 0.770. The summed E-state index contributed by atoms with van der Waals surface area (Å²) in [7, 11) is -4.32. The third-order valence-electron chi connectivity index (χ3n) is 3.93. The van der Waals surface area contributed by atoms with Crippen LogP contribution in [-0.4, -0.2) is 43.5 Å². The molecule has 11 heteroatoms. The maximum Gasteiger partial charge on any atom is 0.517 e. The summed E-state index contributed by atoms with van der Waals surface area (Å²) in [6.45, 7) is 2.99. The number of amides is 2. The van der Waals surface area contributed by atoms with Gasteiger partial charge in [0.1, 0.15) is 5.66 Å². The Morgan fingerprint density at radius 2 is 1.67 bits per heavy atom. The van der Waals surface area contributed by atoms with Gasteiger partial charge in [-0.3, -0.25) is 0 Å². The number of fused-ring (bicyclic) bond motifs is 3. The summed E-state index contributed by atoms with van der Waals surface area (Å²) in [6, 6.07) is 4.77. The zero-order valence-corrected chi connectivity index (χ0v) is 13.7. The van der Waals surface area contributed by atoms with Crippen LogP contribution in [0.15, 0.2) is 29.3 Å². The molecule has 7 nitrogen and oxygen atoms in total. The smallest absolute Gasteiger partial charge is 0.302 e. The first-order valence-electron chi connectivity index (χ1n) is 6.78. The summed E-state index contributed by atoms with van der Waals surface area (Å²) in [5, 5.41) is 0. The maximum atomic E-state index is 13.1. The molecule has 0 saturated carbocycles. The number of anilines is 2. The van der Waals surface area contributed by atoms with Crippen molar-refractivity contribution < 1.29 is 26.4 Å². The van der Waals surface area contributed by atoms with Crippen LogP contribution < -0.4 is 9.21 Å². The van der Waals surface area contributed by atoms with E-state index in [0.29, 0.717) is 0 Å². The van der Waals surface area contributed by atoms with E-state index in [4.69, 9.17) is 0 Å². The van der Waals surface area contributed by atoms with E-state index < -0.39 is 33.2 Å². The molecule has 0 aromatic heterocycles. The van der Waals surface area contributed by atoms with Gasteiger partial charge in [-0.05, 0) is 26.0 Å². The molecule has 0 aliphatic carbocycles. The molecule has 130 valence electrons. The van der Waals surface area contributed by atoms with Gasteiger partial charge in [0, 0.05) is 7.05 Å². The molecule has 0 fully saturated rings. The van der Waals surface area contributed by atoms with Crippen molar-refractivity contribution in [3.8, 4) is 0 Å². The number of para-hydroxylation sites is 2. The Morgan fingerprint density at radius 1 is 1.12 bits per heavy atom. The monoisotopic (exact) mass is 362 g/mol. The molecule has 2 heterocycles. The van der Waals surface area contributed by atoms with Gasteiger partial charge in [0.15, 0.2) is 0 Å². The second-order valence-corrected chi connectivity index (χ2v) is 7.57. The zero-order valence-electron chi connectivity index (χ0n) is 12.9. The minimum absolute atomic E-state index is 0.0245. The van der Waals surface area contributed by atoms with Crippen molar-refractivity contribution in [3.63, 3.8) is 0 Å². The fourth-order valence-corrected chi connectivity index (χ4v) is 3.42. The van der Waals surface area contributed by atoms with Crippen LogP contribution in [0.25, 0.3) is 0 Å². The second-order valence-electron chi connectivity index (χ2n) is 5.79. The molecular formula is C13H13F3N4O3S. The molecule has 0 atom stereocenters. The Bertz CT molecular complexity index is 863. The van der Waals surface area contributed by atoms with Crippen LogP contribution in [0.5, 0.6) is 0 Å². The van der Waals surface area contributed by atoms with Crippen molar-refractivity contribution in [2.45, 2.75) is 25.0 Å². The predicted molar refractivity (Wildman–Crippen MR) is 81.0 cm³/mol. The number of sulfonamides is 1. The molecule has 1 aromatic carbocycles. The van der Waals surface area contributed by atoms with Gasteiger partial charge in [0.25, 0.3) is 0 Å². The number of carbonyl (C=O) groups excluding carboxylic acids is 1. The topological polar surface area (TPSA) is 73.3 Å². The van der Waals surface area contributed by atoms with E-state index in [2.05, 4.69) is 4.99 Å². The highest BCUT2D eigenvalue weighted by atomic mass is 32.2. The lowest BCUT2D eigenvalue weighted by Gasteiger charge is -2.40. The number of nitrogens with zero attached hydrogens (tertiary/aromatic N) is 4. The molecule has 2 amide bonds. The van der Waals surface area contributed by atoms with Crippen molar-refractivity contribution in [2.75, 3.05) is 16.3 Å². The lowest BCUT2D eigenvalue weighted by Crippen LogP contribution is -2.60. The third kappa shape index (κ3) is 2.00. The van der Waals surface area contributed by atoms with Crippen molar-refractivity contribution in [1.82, 2.24) is 4.90 Å². The first-order valence-corrected chi connectivity index (χ1v) is 8.22. The lowest BCUT2D eigenvalue weighted by atomic mass is 10.2. The van der Waals surface area contributed by atoms with Crippen LogP contribution in [-0.2, 0) is 10.0 Å². The number of carbonyl (C=O) groups is 1. The van der Waals surface area contributed by atoms with E-state index in [-0.39, 0.29) is 15.7 Å². The largest absolute Gasteiger partial charge is 0.517 e. The molecule has 2 aliphatic heterocycles. The molecular weight excluding hydrogens is 349 g/mol. The van der Waals surface area contributed by atoms with Crippen molar-refractivity contribution in [1.29, 1.82) is 0 Å². The number of alkyl halides is 3. The summed E-state index contributed by atoms with van der Waals surface area (Å²) in [5.41, 5.74) is -6.98. The van der Waals surface area contributed by atoms with Crippen LogP contribution in [0.3, 0.4) is 0 Å². The highest BCUT2D eigenvalue weighted by molar-refractivity contribution is 7.94. The van der Waals surface area contributed by atoms with E-state index in [1.54, 1.807) is 0 Å². The minimum atomic E-state index is -5.76. The molecule has 0 N–H and O–H groups in total. The van der Waals surface area contributed by atoms with Gasteiger partial charge in [-0.1, -0.05) is 12.1 Å². The fraction of sp³-hybridized carbons (Fsp3) is 0.385. The molecule has 2 aliphatic rings. The molecule has 0 spiro atoms. The summed E-state index contributed by atoms with van der Waals surface area (Å²) in [5.74, 6) is -0.582. The van der Waals surface area contributed by atoms with Crippen LogP contribution in [0.1, 0.15) is 13.8 Å². The summed E-state index contributed by atoms with van der Waals surface area (Å²) in [4.78, 5) is 18.7. The number of rotatable bonds is 1. The highest BCUT2D eigenvalue weighted by Crippen LogP contribution is 2.45. The fourth-order valence-electron chi connectivity index (χ4n) is 2.46. The van der Waals surface area contributed by atoms with Crippen LogP contribution >= 0.6 is 0 Å². The Hall–Kier alpha value is -2.30. The highest BCUT2D eigenvalue weighted by Gasteiger charge is 2.58. The maximum absolute atomic E-state index is 13.1. The van der Waals surface area contributed by atoms with Gasteiger partial charge < -0.3 is 4.90 Å². The molecule has 0 bridgehead atoms. The first kappa shape index (κ1) is 16.6. The van der Waals surface area contributed by atoms with Gasteiger partial charge in [0.05, 0.1) is 11.4 Å². The predicted octanol–water partition coefficient (Wildman–Crippen LogP) is 2.32. The second kappa shape index (κ2) is 4.62. The Kier molecular flexibility index (Phi) is 3.19. The summed E-state index contributed by atoms with van der Waals surface area (Å²) in [6.07, 6.45) is 0. The summed E-state index contributed by atoms with van der Waals surface area (Å²) >= 11 is 0. The number of halogens is 3. The molecule has 24 heavy (non-hydrogen) atoms. The van der Waals surface area contributed by atoms with Gasteiger partial charge in [-0.2, -0.15) is 25.9 Å².